The molecule has 10 heteroatoms. The van der Waals surface area contributed by atoms with Crippen molar-refractivity contribution in [3.63, 3.8) is 0 Å². The fourth-order valence-electron chi connectivity index (χ4n) is 2.42. The highest BCUT2D eigenvalue weighted by atomic mass is 32.2. The molecule has 28 heavy (non-hydrogen) atoms. The Bertz CT molecular complexity index is 927. The zero-order valence-corrected chi connectivity index (χ0v) is 16.0. The van der Waals surface area contributed by atoms with Gasteiger partial charge in [0.25, 0.3) is 5.91 Å². The first kappa shape index (κ1) is 21.8. The smallest absolute Gasteiger partial charge is 0.315 e. The van der Waals surface area contributed by atoms with Gasteiger partial charge in [-0.15, -0.1) is 0 Å². The van der Waals surface area contributed by atoms with E-state index >= 15 is 0 Å². The standard InChI is InChI=1S/C18H20F3N3O3S/c1-22-28(2,27)15-8-7-13(10-23-15)11-3-5-12(6-4-11)16(25)14(9-19)24-18(26)17(20)21/h3-8,10,14,16-17,25H,9H2,1-2H3,(H,24,26)/t14-,16-,28?/m1/s1. The van der Waals surface area contributed by atoms with Crippen molar-refractivity contribution in [2.24, 2.45) is 4.36 Å². The second-order valence-electron chi connectivity index (χ2n) is 6.01. The number of carbonyl (C=O) groups excluding carboxylic acids is 1. The lowest BCUT2D eigenvalue weighted by Gasteiger charge is -2.22. The summed E-state index contributed by atoms with van der Waals surface area (Å²) in [5.41, 5.74) is 1.69. The van der Waals surface area contributed by atoms with Crippen LogP contribution in [0.15, 0.2) is 52.0 Å². The van der Waals surface area contributed by atoms with E-state index < -0.39 is 40.9 Å². The predicted molar refractivity (Wildman–Crippen MR) is 99.2 cm³/mol. The molecule has 0 fully saturated rings. The number of halogens is 3. The second kappa shape index (κ2) is 9.16. The molecular weight excluding hydrogens is 395 g/mol. The summed E-state index contributed by atoms with van der Waals surface area (Å²) in [4.78, 5) is 15.2. The fourth-order valence-corrected chi connectivity index (χ4v) is 3.18. The summed E-state index contributed by atoms with van der Waals surface area (Å²) in [5.74, 6) is -1.64. The average Bonchev–Trinajstić information content (AvgIpc) is 2.71. The first-order valence-corrected chi connectivity index (χ1v) is 10.1. The third-order valence-corrected chi connectivity index (χ3v) is 5.85. The molecule has 0 aliphatic rings. The lowest BCUT2D eigenvalue weighted by atomic mass is 9.99. The van der Waals surface area contributed by atoms with Crippen molar-refractivity contribution in [3.05, 3.63) is 48.2 Å². The molecule has 0 aliphatic heterocycles. The van der Waals surface area contributed by atoms with Crippen LogP contribution in [0.3, 0.4) is 0 Å². The third kappa shape index (κ3) is 5.08. The van der Waals surface area contributed by atoms with Gasteiger partial charge in [0.2, 0.25) is 0 Å². The van der Waals surface area contributed by atoms with Crippen molar-refractivity contribution in [1.82, 2.24) is 10.3 Å². The van der Waals surface area contributed by atoms with Crippen LogP contribution < -0.4 is 5.32 Å². The number of nitrogens with zero attached hydrogens (tertiary/aromatic N) is 2. The number of aliphatic hydroxyl groups is 1. The molecule has 0 bridgehead atoms. The molecule has 0 saturated heterocycles. The second-order valence-corrected chi connectivity index (χ2v) is 8.40. The molecule has 3 atom stereocenters. The van der Waals surface area contributed by atoms with E-state index in [1.807, 2.05) is 0 Å². The van der Waals surface area contributed by atoms with Crippen molar-refractivity contribution >= 4 is 15.6 Å². The highest BCUT2D eigenvalue weighted by Crippen LogP contribution is 2.24. The van der Waals surface area contributed by atoms with Gasteiger partial charge in [0.05, 0.1) is 15.8 Å². The molecule has 1 aromatic heterocycles. The van der Waals surface area contributed by atoms with Crippen molar-refractivity contribution in [1.29, 1.82) is 0 Å². The molecule has 1 amide bonds. The van der Waals surface area contributed by atoms with Crippen molar-refractivity contribution in [2.75, 3.05) is 20.0 Å². The number of benzene rings is 1. The minimum atomic E-state index is -3.29. The Morgan fingerprint density at radius 3 is 2.29 bits per heavy atom. The van der Waals surface area contributed by atoms with Gasteiger partial charge in [0.15, 0.2) is 0 Å². The SMILES string of the molecule is CN=S(C)(=O)c1ccc(-c2ccc([C@@H](O)[C@@H](CF)NC(=O)C(F)F)cc2)cn1. The van der Waals surface area contributed by atoms with Crippen molar-refractivity contribution in [2.45, 2.75) is 23.6 Å². The molecule has 0 saturated carbocycles. The number of pyridine rings is 1. The zero-order chi connectivity index (χ0) is 20.9. The van der Waals surface area contributed by atoms with E-state index in [9.17, 15) is 27.3 Å². The molecule has 2 aromatic rings. The van der Waals surface area contributed by atoms with Gasteiger partial charge in [-0.2, -0.15) is 8.78 Å². The summed E-state index contributed by atoms with van der Waals surface area (Å²) in [5, 5.41) is 12.3. The quantitative estimate of drug-likeness (QED) is 0.727. The maximum Gasteiger partial charge on any atom is 0.315 e. The summed E-state index contributed by atoms with van der Waals surface area (Å²) >= 11 is 0. The van der Waals surface area contributed by atoms with E-state index in [2.05, 4.69) is 9.35 Å². The summed E-state index contributed by atoms with van der Waals surface area (Å²) in [6.45, 7) is -1.20. The Morgan fingerprint density at radius 1 is 1.21 bits per heavy atom. The summed E-state index contributed by atoms with van der Waals surface area (Å²) in [6.07, 6.45) is -1.77. The van der Waals surface area contributed by atoms with Crippen LogP contribution in [0.2, 0.25) is 0 Å². The molecule has 1 aromatic carbocycles. The lowest BCUT2D eigenvalue weighted by Crippen LogP contribution is -2.43. The molecular formula is C18H20F3N3O3S. The minimum absolute atomic E-state index is 0.256. The van der Waals surface area contributed by atoms with Crippen LogP contribution in [-0.2, 0) is 14.5 Å². The molecule has 2 rings (SSSR count). The topological polar surface area (TPSA) is 91.6 Å². The first-order valence-electron chi connectivity index (χ1n) is 8.18. The van der Waals surface area contributed by atoms with Crippen LogP contribution in [-0.4, -0.2) is 52.7 Å². The Morgan fingerprint density at radius 2 is 1.82 bits per heavy atom. The van der Waals surface area contributed by atoms with Gasteiger partial charge < -0.3 is 10.4 Å². The largest absolute Gasteiger partial charge is 0.386 e. The van der Waals surface area contributed by atoms with Crippen molar-refractivity contribution in [3.8, 4) is 11.1 Å². The van der Waals surface area contributed by atoms with Crippen LogP contribution in [0.25, 0.3) is 11.1 Å². The van der Waals surface area contributed by atoms with Gasteiger partial charge in [-0.3, -0.25) is 4.79 Å². The number of amides is 1. The maximum atomic E-state index is 13.1. The minimum Gasteiger partial charge on any atom is -0.386 e. The number of aliphatic hydroxyl groups excluding tert-OH is 1. The van der Waals surface area contributed by atoms with Gasteiger partial charge in [0, 0.05) is 25.1 Å². The zero-order valence-electron chi connectivity index (χ0n) is 15.2. The Balaban J connectivity index is 2.18. The molecule has 6 nitrogen and oxygen atoms in total. The fraction of sp³-hybridized carbons (Fsp3) is 0.333. The molecule has 2 N–H and O–H groups in total. The van der Waals surface area contributed by atoms with Crippen LogP contribution in [0.4, 0.5) is 13.2 Å². The Labute approximate surface area is 161 Å². The van der Waals surface area contributed by atoms with Crippen LogP contribution in [0.5, 0.6) is 0 Å². The molecule has 0 spiro atoms. The van der Waals surface area contributed by atoms with E-state index in [0.29, 0.717) is 10.6 Å². The van der Waals surface area contributed by atoms with Gasteiger partial charge in [-0.1, -0.05) is 30.3 Å². The Hall–Kier alpha value is -2.46. The number of aromatic nitrogens is 1. The van der Waals surface area contributed by atoms with E-state index in [1.54, 1.807) is 29.6 Å². The monoisotopic (exact) mass is 415 g/mol. The average molecular weight is 415 g/mol. The third-order valence-electron chi connectivity index (χ3n) is 4.13. The van der Waals surface area contributed by atoms with E-state index in [1.165, 1.54) is 31.6 Å². The van der Waals surface area contributed by atoms with Crippen LogP contribution in [0.1, 0.15) is 11.7 Å². The molecule has 0 aliphatic carbocycles. The van der Waals surface area contributed by atoms with Crippen LogP contribution in [0, 0.1) is 0 Å². The lowest BCUT2D eigenvalue weighted by molar-refractivity contribution is -0.133. The normalized spacial score (nSPS) is 15.5. The van der Waals surface area contributed by atoms with E-state index in [0.717, 1.165) is 5.56 Å². The highest BCUT2D eigenvalue weighted by Gasteiger charge is 2.26. The number of alkyl halides is 3. The highest BCUT2D eigenvalue weighted by molar-refractivity contribution is 7.92. The first-order chi connectivity index (χ1) is 13.2. The summed E-state index contributed by atoms with van der Waals surface area (Å²) in [6, 6.07) is 8.09. The maximum absolute atomic E-state index is 13.1. The molecule has 152 valence electrons. The molecule has 1 unspecified atom stereocenters. The van der Waals surface area contributed by atoms with E-state index in [-0.39, 0.29) is 5.56 Å². The number of nitrogens with one attached hydrogen (secondary N) is 1. The van der Waals surface area contributed by atoms with Gasteiger partial charge in [-0.25, -0.2) is 17.9 Å². The number of rotatable bonds is 7. The molecule has 1 heterocycles. The van der Waals surface area contributed by atoms with Gasteiger partial charge in [0.1, 0.15) is 17.8 Å². The number of hydrogen-bond acceptors (Lipinski definition) is 5. The number of carbonyl (C=O) groups is 1. The predicted octanol–water partition coefficient (Wildman–Crippen LogP) is 2.59. The molecule has 0 radical (unpaired) electrons. The summed E-state index contributed by atoms with van der Waals surface area (Å²) < 4.78 is 53.7. The van der Waals surface area contributed by atoms with Gasteiger partial charge in [-0.05, 0) is 17.2 Å². The van der Waals surface area contributed by atoms with Crippen LogP contribution >= 0.6 is 0 Å². The Kier molecular flexibility index (Phi) is 7.14. The van der Waals surface area contributed by atoms with Gasteiger partial charge >= 0.3 is 6.43 Å². The van der Waals surface area contributed by atoms with E-state index in [4.69, 9.17) is 0 Å². The number of hydrogen-bond donors (Lipinski definition) is 2. The van der Waals surface area contributed by atoms with Crippen molar-refractivity contribution < 1.29 is 27.3 Å². The summed E-state index contributed by atoms with van der Waals surface area (Å²) in [7, 11) is -1.08.